The lowest BCUT2D eigenvalue weighted by molar-refractivity contribution is -0.114. The minimum atomic E-state index is -0.118. The Hall–Kier alpha value is -2.96. The molecular weight excluding hydrogens is 318 g/mol. The summed E-state index contributed by atoms with van der Waals surface area (Å²) in [5, 5.41) is 5.82. The Balaban J connectivity index is 1.76. The summed E-state index contributed by atoms with van der Waals surface area (Å²) in [6.07, 6.45) is 2.09. The van der Waals surface area contributed by atoms with Crippen LogP contribution < -0.4 is 10.6 Å². The Kier molecular flexibility index (Phi) is 4.92. The maximum atomic E-state index is 12.5. The highest BCUT2D eigenvalue weighted by atomic mass is 16.2. The van der Waals surface area contributed by atoms with Crippen LogP contribution in [0.25, 0.3) is 0 Å². The van der Waals surface area contributed by atoms with Crippen molar-refractivity contribution in [2.75, 3.05) is 23.7 Å². The number of hydrogen-bond acceptors (Lipinski definition) is 5. The Bertz CT molecular complexity index is 783. The van der Waals surface area contributed by atoms with Crippen molar-refractivity contribution < 1.29 is 9.59 Å². The van der Waals surface area contributed by atoms with Crippen LogP contribution in [0, 0.1) is 6.92 Å². The van der Waals surface area contributed by atoms with E-state index in [4.69, 9.17) is 0 Å². The monoisotopic (exact) mass is 339 g/mol. The summed E-state index contributed by atoms with van der Waals surface area (Å²) in [4.78, 5) is 34.1. The molecule has 1 fully saturated rings. The molecule has 2 amide bonds. The van der Waals surface area contributed by atoms with Crippen molar-refractivity contribution in [1.82, 2.24) is 14.9 Å². The van der Waals surface area contributed by atoms with Gasteiger partial charge in [0.2, 0.25) is 11.9 Å². The highest BCUT2D eigenvalue weighted by Gasteiger charge is 2.21. The van der Waals surface area contributed by atoms with Gasteiger partial charge in [0.05, 0.1) is 0 Å². The molecule has 1 aromatic carbocycles. The molecule has 3 rings (SSSR count). The average Bonchev–Trinajstić information content (AvgIpc) is 3.09. The fraction of sp³-hybridized carbons (Fsp3) is 0.333. The number of aromatic nitrogens is 2. The molecule has 0 radical (unpaired) electrons. The van der Waals surface area contributed by atoms with Gasteiger partial charge >= 0.3 is 0 Å². The topological polar surface area (TPSA) is 87.2 Å². The third kappa shape index (κ3) is 4.32. The van der Waals surface area contributed by atoms with Crippen molar-refractivity contribution in [2.45, 2.75) is 26.7 Å². The minimum absolute atomic E-state index is 0.0490. The Morgan fingerprint density at radius 3 is 2.32 bits per heavy atom. The fourth-order valence-corrected chi connectivity index (χ4v) is 2.79. The van der Waals surface area contributed by atoms with Crippen LogP contribution in [-0.4, -0.2) is 39.8 Å². The minimum Gasteiger partial charge on any atom is -0.337 e. The molecule has 0 bridgehead atoms. The third-order valence-corrected chi connectivity index (χ3v) is 3.93. The first-order valence-corrected chi connectivity index (χ1v) is 8.31. The van der Waals surface area contributed by atoms with Crippen LogP contribution in [-0.2, 0) is 4.79 Å². The highest BCUT2D eigenvalue weighted by Crippen LogP contribution is 2.18. The van der Waals surface area contributed by atoms with E-state index in [9.17, 15) is 9.59 Å². The molecule has 0 unspecified atom stereocenters. The van der Waals surface area contributed by atoms with Crippen LogP contribution in [0.15, 0.2) is 30.3 Å². The Morgan fingerprint density at radius 2 is 1.68 bits per heavy atom. The van der Waals surface area contributed by atoms with Gasteiger partial charge in [0, 0.05) is 37.1 Å². The lowest BCUT2D eigenvalue weighted by Gasteiger charge is -2.15. The number of hydrogen-bond donors (Lipinski definition) is 2. The first-order chi connectivity index (χ1) is 12.0. The van der Waals surface area contributed by atoms with E-state index in [1.54, 1.807) is 18.2 Å². The first-order valence-electron chi connectivity index (χ1n) is 8.31. The standard InChI is InChI=1S/C18H21N5O2/c1-12-11-16(17(25)23-9-3-4-10-23)22-18(19-12)21-15-7-5-14(6-8-15)20-13(2)24/h5-8,11H,3-4,9-10H2,1-2H3,(H,20,24)(H,19,21,22). The van der Waals surface area contributed by atoms with Crippen LogP contribution >= 0.6 is 0 Å². The molecule has 2 aromatic rings. The fourth-order valence-electron chi connectivity index (χ4n) is 2.79. The lowest BCUT2D eigenvalue weighted by Crippen LogP contribution is -2.28. The van der Waals surface area contributed by atoms with Crippen molar-refractivity contribution in [3.8, 4) is 0 Å². The van der Waals surface area contributed by atoms with Gasteiger partial charge in [0.15, 0.2) is 0 Å². The van der Waals surface area contributed by atoms with Gasteiger partial charge in [0.1, 0.15) is 5.69 Å². The van der Waals surface area contributed by atoms with Gasteiger partial charge in [-0.1, -0.05) is 0 Å². The second-order valence-electron chi connectivity index (χ2n) is 6.10. The smallest absolute Gasteiger partial charge is 0.272 e. The molecule has 2 heterocycles. The zero-order valence-corrected chi connectivity index (χ0v) is 14.4. The van der Waals surface area contributed by atoms with Crippen molar-refractivity contribution in [2.24, 2.45) is 0 Å². The van der Waals surface area contributed by atoms with Crippen LogP contribution in [0.4, 0.5) is 17.3 Å². The Morgan fingerprint density at radius 1 is 1.04 bits per heavy atom. The molecule has 0 spiro atoms. The van der Waals surface area contributed by atoms with Crippen LogP contribution in [0.1, 0.15) is 35.9 Å². The number of rotatable bonds is 4. The van der Waals surface area contributed by atoms with Gasteiger partial charge in [-0.15, -0.1) is 0 Å². The maximum absolute atomic E-state index is 12.5. The molecule has 1 aliphatic heterocycles. The van der Waals surface area contributed by atoms with Gasteiger partial charge in [-0.2, -0.15) is 0 Å². The number of carbonyl (C=O) groups excluding carboxylic acids is 2. The highest BCUT2D eigenvalue weighted by molar-refractivity contribution is 5.93. The van der Waals surface area contributed by atoms with Gasteiger partial charge in [-0.05, 0) is 50.1 Å². The molecule has 130 valence electrons. The summed E-state index contributed by atoms with van der Waals surface area (Å²) in [5.74, 6) is 0.217. The number of anilines is 3. The molecule has 2 N–H and O–H groups in total. The van der Waals surface area contributed by atoms with E-state index in [-0.39, 0.29) is 11.8 Å². The molecular formula is C18H21N5O2. The first kappa shape index (κ1) is 16.9. The van der Waals surface area contributed by atoms with E-state index in [0.717, 1.165) is 37.3 Å². The number of benzene rings is 1. The van der Waals surface area contributed by atoms with E-state index in [0.29, 0.717) is 17.3 Å². The van der Waals surface area contributed by atoms with E-state index in [1.165, 1.54) is 6.92 Å². The summed E-state index contributed by atoms with van der Waals surface area (Å²) in [5.41, 5.74) is 2.63. The molecule has 7 nitrogen and oxygen atoms in total. The molecule has 0 aliphatic carbocycles. The maximum Gasteiger partial charge on any atom is 0.272 e. The zero-order chi connectivity index (χ0) is 17.8. The molecule has 0 saturated carbocycles. The number of nitrogens with zero attached hydrogens (tertiary/aromatic N) is 3. The number of nitrogens with one attached hydrogen (secondary N) is 2. The van der Waals surface area contributed by atoms with Gasteiger partial charge in [-0.3, -0.25) is 9.59 Å². The summed E-state index contributed by atoms with van der Waals surface area (Å²) >= 11 is 0. The number of amides is 2. The van der Waals surface area contributed by atoms with Crippen molar-refractivity contribution >= 4 is 29.1 Å². The van der Waals surface area contributed by atoms with Crippen LogP contribution in [0.3, 0.4) is 0 Å². The summed E-state index contributed by atoms with van der Waals surface area (Å²) in [6, 6.07) is 8.93. The zero-order valence-electron chi connectivity index (χ0n) is 14.4. The van der Waals surface area contributed by atoms with Crippen LogP contribution in [0.2, 0.25) is 0 Å². The summed E-state index contributed by atoms with van der Waals surface area (Å²) in [6.45, 7) is 4.88. The molecule has 7 heteroatoms. The molecule has 1 aromatic heterocycles. The quantitative estimate of drug-likeness (QED) is 0.894. The second kappa shape index (κ2) is 7.29. The van der Waals surface area contributed by atoms with Crippen LogP contribution in [0.5, 0.6) is 0 Å². The molecule has 1 saturated heterocycles. The largest absolute Gasteiger partial charge is 0.337 e. The number of aryl methyl sites for hydroxylation is 1. The predicted octanol–water partition coefficient (Wildman–Crippen LogP) is 2.72. The number of carbonyl (C=O) groups is 2. The van der Waals surface area contributed by atoms with Gasteiger partial charge in [-0.25, -0.2) is 9.97 Å². The lowest BCUT2D eigenvalue weighted by atomic mass is 10.2. The predicted molar refractivity (Wildman–Crippen MR) is 95.9 cm³/mol. The third-order valence-electron chi connectivity index (χ3n) is 3.93. The summed E-state index contributed by atoms with van der Waals surface area (Å²) in [7, 11) is 0. The van der Waals surface area contributed by atoms with E-state index < -0.39 is 0 Å². The van der Waals surface area contributed by atoms with Crippen molar-refractivity contribution in [3.05, 3.63) is 41.7 Å². The van der Waals surface area contributed by atoms with Gasteiger partial charge in [0.25, 0.3) is 5.91 Å². The Labute approximate surface area is 146 Å². The average molecular weight is 339 g/mol. The number of likely N-dealkylation sites (tertiary alicyclic amines) is 1. The SMILES string of the molecule is CC(=O)Nc1ccc(Nc2nc(C)cc(C(=O)N3CCCC3)n2)cc1. The molecule has 1 aliphatic rings. The van der Waals surface area contributed by atoms with Crippen molar-refractivity contribution in [3.63, 3.8) is 0 Å². The van der Waals surface area contributed by atoms with E-state index in [1.807, 2.05) is 24.0 Å². The summed E-state index contributed by atoms with van der Waals surface area (Å²) < 4.78 is 0. The molecule has 25 heavy (non-hydrogen) atoms. The van der Waals surface area contributed by atoms with Gasteiger partial charge < -0.3 is 15.5 Å². The normalized spacial score (nSPS) is 13.6. The van der Waals surface area contributed by atoms with Crippen molar-refractivity contribution in [1.29, 1.82) is 0 Å². The molecule has 0 atom stereocenters. The second-order valence-corrected chi connectivity index (χ2v) is 6.10. The van der Waals surface area contributed by atoms with E-state index >= 15 is 0 Å². The van der Waals surface area contributed by atoms with E-state index in [2.05, 4.69) is 20.6 Å².